The number of hydrogen-bond acceptors (Lipinski definition) is 5. The van der Waals surface area contributed by atoms with Gasteiger partial charge in [0.1, 0.15) is 0 Å². The first-order valence-corrected chi connectivity index (χ1v) is 6.16. The molecule has 1 heterocycles. The van der Waals surface area contributed by atoms with Gasteiger partial charge in [0, 0.05) is 18.1 Å². The van der Waals surface area contributed by atoms with Crippen molar-refractivity contribution in [2.24, 2.45) is 0 Å². The molecule has 0 bridgehead atoms. The molecule has 0 aliphatic carbocycles. The van der Waals surface area contributed by atoms with Gasteiger partial charge in [-0.2, -0.15) is 0 Å². The van der Waals surface area contributed by atoms with Crippen molar-refractivity contribution in [1.29, 1.82) is 0 Å². The van der Waals surface area contributed by atoms with Crippen LogP contribution in [-0.2, 0) is 14.3 Å². The van der Waals surface area contributed by atoms with Gasteiger partial charge < -0.3 is 13.9 Å². The molecule has 0 atom stereocenters. The second-order valence-electron chi connectivity index (χ2n) is 4.13. The van der Waals surface area contributed by atoms with Crippen molar-refractivity contribution < 1.29 is 23.5 Å². The predicted octanol–water partition coefficient (Wildman–Crippen LogP) is 2.86. The van der Waals surface area contributed by atoms with Gasteiger partial charge in [-0.1, -0.05) is 6.58 Å². The van der Waals surface area contributed by atoms with Gasteiger partial charge in [-0.05, 0) is 32.3 Å². The molecule has 0 N–H and O–H groups in total. The quantitative estimate of drug-likeness (QED) is 0.411. The van der Waals surface area contributed by atoms with Crippen molar-refractivity contribution in [1.82, 2.24) is 0 Å². The molecule has 0 aliphatic heterocycles. The molecule has 5 nitrogen and oxygen atoms in total. The van der Waals surface area contributed by atoms with Crippen molar-refractivity contribution in [3.63, 3.8) is 0 Å². The second kappa shape index (κ2) is 8.13. The summed E-state index contributed by atoms with van der Waals surface area (Å²) in [6.07, 6.45) is 3.95. The molecular formula is C14H18O5. The largest absolute Gasteiger partial charge is 0.462 e. The zero-order valence-corrected chi connectivity index (χ0v) is 11.0. The average Bonchev–Trinajstić information content (AvgIpc) is 2.85. The first-order valence-electron chi connectivity index (χ1n) is 6.16. The van der Waals surface area contributed by atoms with Crippen LogP contribution < -0.4 is 4.74 Å². The first-order chi connectivity index (χ1) is 9.09. The van der Waals surface area contributed by atoms with E-state index >= 15 is 0 Å². The van der Waals surface area contributed by atoms with Crippen LogP contribution in [0.2, 0.25) is 0 Å². The molecule has 1 aromatic rings. The summed E-state index contributed by atoms with van der Waals surface area (Å²) >= 11 is 0. The number of carbonyl (C=O) groups excluding carboxylic acids is 2. The van der Waals surface area contributed by atoms with Gasteiger partial charge in [0.05, 0.1) is 12.9 Å². The standard InChI is InChI=1S/C14H18O5/c1-11(2)14(16)18-9-5-3-4-7-12(15)19-13-8-6-10-17-13/h6,8,10H,1,3-5,7,9H2,2H3. The summed E-state index contributed by atoms with van der Waals surface area (Å²) in [5.74, 6) is -0.494. The predicted molar refractivity (Wildman–Crippen MR) is 68.6 cm³/mol. The maximum absolute atomic E-state index is 11.4. The van der Waals surface area contributed by atoms with Crippen LogP contribution in [0.25, 0.3) is 0 Å². The lowest BCUT2D eigenvalue weighted by Crippen LogP contribution is -2.08. The maximum atomic E-state index is 11.4. The second-order valence-corrected chi connectivity index (χ2v) is 4.13. The molecule has 5 heteroatoms. The van der Waals surface area contributed by atoms with Gasteiger partial charge in [-0.3, -0.25) is 4.79 Å². The van der Waals surface area contributed by atoms with Crippen LogP contribution in [-0.4, -0.2) is 18.5 Å². The molecule has 0 aromatic carbocycles. The molecule has 0 radical (unpaired) electrons. The van der Waals surface area contributed by atoms with Crippen molar-refractivity contribution in [2.45, 2.75) is 32.6 Å². The number of hydrogen-bond donors (Lipinski definition) is 0. The Morgan fingerprint density at radius 1 is 1.32 bits per heavy atom. The lowest BCUT2D eigenvalue weighted by molar-refractivity contribution is -0.139. The lowest BCUT2D eigenvalue weighted by Gasteiger charge is -2.04. The number of esters is 2. The third-order valence-corrected chi connectivity index (χ3v) is 2.32. The van der Waals surface area contributed by atoms with Gasteiger partial charge >= 0.3 is 11.9 Å². The van der Waals surface area contributed by atoms with E-state index in [0.29, 0.717) is 31.4 Å². The Morgan fingerprint density at radius 3 is 2.74 bits per heavy atom. The number of ether oxygens (including phenoxy) is 2. The van der Waals surface area contributed by atoms with Crippen LogP contribution in [0.5, 0.6) is 5.95 Å². The minimum Gasteiger partial charge on any atom is -0.462 e. The summed E-state index contributed by atoms with van der Waals surface area (Å²) in [6.45, 7) is 5.43. The Kier molecular flexibility index (Phi) is 6.43. The van der Waals surface area contributed by atoms with Gasteiger partial charge in [0.2, 0.25) is 0 Å². The van der Waals surface area contributed by atoms with Crippen molar-refractivity contribution in [2.75, 3.05) is 6.61 Å². The highest BCUT2D eigenvalue weighted by Gasteiger charge is 2.06. The van der Waals surface area contributed by atoms with E-state index in [9.17, 15) is 9.59 Å². The first kappa shape index (κ1) is 15.0. The fraction of sp³-hybridized carbons (Fsp3) is 0.429. The van der Waals surface area contributed by atoms with E-state index in [2.05, 4.69) is 6.58 Å². The molecule has 0 aliphatic rings. The third kappa shape index (κ3) is 6.45. The molecule has 0 unspecified atom stereocenters. The topological polar surface area (TPSA) is 65.7 Å². The zero-order chi connectivity index (χ0) is 14.1. The van der Waals surface area contributed by atoms with Crippen LogP contribution in [0.15, 0.2) is 35.0 Å². The molecule has 0 fully saturated rings. The van der Waals surface area contributed by atoms with E-state index in [1.165, 1.54) is 6.26 Å². The fourth-order valence-corrected chi connectivity index (χ4v) is 1.32. The number of rotatable bonds is 8. The summed E-state index contributed by atoms with van der Waals surface area (Å²) in [7, 11) is 0. The molecular weight excluding hydrogens is 248 g/mol. The minimum atomic E-state index is -0.378. The molecule has 104 valence electrons. The smallest absolute Gasteiger partial charge is 0.333 e. The van der Waals surface area contributed by atoms with E-state index in [-0.39, 0.29) is 17.9 Å². The Bertz CT molecular complexity index is 419. The average molecular weight is 266 g/mol. The van der Waals surface area contributed by atoms with Crippen molar-refractivity contribution in [3.8, 4) is 5.95 Å². The van der Waals surface area contributed by atoms with E-state index in [0.717, 1.165) is 6.42 Å². The van der Waals surface area contributed by atoms with E-state index < -0.39 is 0 Å². The van der Waals surface area contributed by atoms with Gasteiger partial charge in [-0.15, -0.1) is 0 Å². The Balaban J connectivity index is 2.00. The van der Waals surface area contributed by atoms with Crippen LogP contribution in [0.4, 0.5) is 0 Å². The van der Waals surface area contributed by atoms with E-state index in [1.54, 1.807) is 19.1 Å². The number of unbranched alkanes of at least 4 members (excludes halogenated alkanes) is 2. The molecule has 0 saturated carbocycles. The van der Waals surface area contributed by atoms with Crippen LogP contribution in [0.1, 0.15) is 32.6 Å². The summed E-state index contributed by atoms with van der Waals surface area (Å²) in [6, 6.07) is 3.23. The molecule has 0 amide bonds. The molecule has 1 rings (SSSR count). The lowest BCUT2D eigenvalue weighted by atomic mass is 10.2. The summed E-state index contributed by atoms with van der Waals surface area (Å²) < 4.78 is 14.7. The molecule has 0 spiro atoms. The monoisotopic (exact) mass is 266 g/mol. The maximum Gasteiger partial charge on any atom is 0.333 e. The van der Waals surface area contributed by atoms with Crippen molar-refractivity contribution in [3.05, 3.63) is 30.5 Å². The Morgan fingerprint density at radius 2 is 2.11 bits per heavy atom. The number of furan rings is 1. The van der Waals surface area contributed by atoms with Crippen LogP contribution in [0.3, 0.4) is 0 Å². The normalized spacial score (nSPS) is 9.95. The molecule has 1 aromatic heterocycles. The van der Waals surface area contributed by atoms with Crippen molar-refractivity contribution >= 4 is 11.9 Å². The third-order valence-electron chi connectivity index (χ3n) is 2.32. The summed E-state index contributed by atoms with van der Waals surface area (Å²) in [4.78, 5) is 22.4. The zero-order valence-electron chi connectivity index (χ0n) is 11.0. The van der Waals surface area contributed by atoms with Gasteiger partial charge in [-0.25, -0.2) is 4.79 Å². The minimum absolute atomic E-state index is 0.209. The van der Waals surface area contributed by atoms with E-state index in [4.69, 9.17) is 13.9 Å². The SMILES string of the molecule is C=C(C)C(=O)OCCCCCC(=O)Oc1ccco1. The highest BCUT2D eigenvalue weighted by atomic mass is 16.6. The Labute approximate surface area is 112 Å². The van der Waals surface area contributed by atoms with Crippen LogP contribution >= 0.6 is 0 Å². The van der Waals surface area contributed by atoms with Gasteiger partial charge in [0.25, 0.3) is 5.95 Å². The highest BCUT2D eigenvalue weighted by molar-refractivity contribution is 5.86. The van der Waals surface area contributed by atoms with E-state index in [1.807, 2.05) is 0 Å². The van der Waals surface area contributed by atoms with Crippen LogP contribution in [0, 0.1) is 0 Å². The highest BCUT2D eigenvalue weighted by Crippen LogP contribution is 2.11. The van der Waals surface area contributed by atoms with Gasteiger partial charge in [0.15, 0.2) is 0 Å². The summed E-state index contributed by atoms with van der Waals surface area (Å²) in [5.41, 5.74) is 0.391. The summed E-state index contributed by atoms with van der Waals surface area (Å²) in [5, 5.41) is 0. The fourth-order valence-electron chi connectivity index (χ4n) is 1.32. The molecule has 19 heavy (non-hydrogen) atoms. The number of carbonyl (C=O) groups is 2. The molecule has 0 saturated heterocycles. The Hall–Kier alpha value is -2.04.